The number of fused-ring (bicyclic) bond motifs is 1. The lowest BCUT2D eigenvalue weighted by Gasteiger charge is -2.15. The number of benzene rings is 1. The minimum atomic E-state index is -0.0605. The van der Waals surface area contributed by atoms with Crippen LogP contribution in [0.3, 0.4) is 0 Å². The van der Waals surface area contributed by atoms with Gasteiger partial charge in [-0.05, 0) is 37.2 Å². The van der Waals surface area contributed by atoms with Gasteiger partial charge in [-0.15, -0.1) is 0 Å². The Morgan fingerprint density at radius 2 is 2.10 bits per heavy atom. The Kier molecular flexibility index (Phi) is 4.23. The Morgan fingerprint density at radius 3 is 2.81 bits per heavy atom. The molecule has 1 atom stereocenters. The summed E-state index contributed by atoms with van der Waals surface area (Å²) in [4.78, 5) is 4.42. The van der Waals surface area contributed by atoms with Gasteiger partial charge in [0.15, 0.2) is 0 Å². The van der Waals surface area contributed by atoms with Crippen LogP contribution >= 0.6 is 11.6 Å². The van der Waals surface area contributed by atoms with Crippen LogP contribution in [0.1, 0.15) is 30.8 Å². The molecular weight excluding hydrogens is 284 g/mol. The Balaban J connectivity index is 1.99. The van der Waals surface area contributed by atoms with Gasteiger partial charge in [0.1, 0.15) is 17.4 Å². The molecule has 2 heterocycles. The zero-order valence-corrected chi connectivity index (χ0v) is 12.6. The maximum absolute atomic E-state index is 5.98. The van der Waals surface area contributed by atoms with E-state index in [0.717, 1.165) is 35.4 Å². The standard InChI is InChI=1S/C17H17ClN2O/c1-2-9-19-17(14-8-7-13(18)11-20-14)16-10-12-5-3-4-6-15(12)21-16/h3-8,10-11,17,19H,2,9H2,1H3. The Morgan fingerprint density at radius 1 is 1.24 bits per heavy atom. The Hall–Kier alpha value is -1.84. The minimum Gasteiger partial charge on any atom is -0.459 e. The molecule has 108 valence electrons. The first kappa shape index (κ1) is 14.1. The molecule has 1 aromatic carbocycles. The maximum atomic E-state index is 5.98. The van der Waals surface area contributed by atoms with Crippen LogP contribution in [-0.4, -0.2) is 11.5 Å². The third-order valence-electron chi connectivity index (χ3n) is 3.37. The van der Waals surface area contributed by atoms with Gasteiger partial charge in [-0.3, -0.25) is 4.98 Å². The molecule has 1 N–H and O–H groups in total. The highest BCUT2D eigenvalue weighted by atomic mass is 35.5. The number of aromatic nitrogens is 1. The lowest BCUT2D eigenvalue weighted by atomic mass is 10.1. The molecule has 1 unspecified atom stereocenters. The number of para-hydroxylation sites is 1. The largest absolute Gasteiger partial charge is 0.459 e. The second-order valence-electron chi connectivity index (χ2n) is 4.98. The molecule has 0 fully saturated rings. The number of pyridine rings is 1. The van der Waals surface area contributed by atoms with Gasteiger partial charge in [0.05, 0.1) is 10.7 Å². The Bertz CT molecular complexity index is 688. The molecule has 0 radical (unpaired) electrons. The van der Waals surface area contributed by atoms with E-state index in [-0.39, 0.29) is 6.04 Å². The zero-order chi connectivity index (χ0) is 14.7. The predicted octanol–water partition coefficient (Wildman–Crippen LogP) is 4.57. The quantitative estimate of drug-likeness (QED) is 0.750. The molecule has 0 aliphatic rings. The van der Waals surface area contributed by atoms with Gasteiger partial charge < -0.3 is 9.73 Å². The normalized spacial score (nSPS) is 12.7. The highest BCUT2D eigenvalue weighted by Crippen LogP contribution is 2.27. The molecule has 3 rings (SSSR count). The van der Waals surface area contributed by atoms with E-state index in [1.54, 1.807) is 6.20 Å². The fourth-order valence-corrected chi connectivity index (χ4v) is 2.45. The van der Waals surface area contributed by atoms with Crippen molar-refractivity contribution in [3.8, 4) is 0 Å². The molecule has 0 aliphatic heterocycles. The van der Waals surface area contributed by atoms with Crippen LogP contribution in [0.4, 0.5) is 0 Å². The van der Waals surface area contributed by atoms with E-state index in [0.29, 0.717) is 5.02 Å². The fraction of sp³-hybridized carbons (Fsp3) is 0.235. The van der Waals surface area contributed by atoms with E-state index in [1.165, 1.54) is 0 Å². The fourth-order valence-electron chi connectivity index (χ4n) is 2.34. The number of halogens is 1. The molecular formula is C17H17ClN2O. The first-order valence-corrected chi connectivity index (χ1v) is 7.49. The van der Waals surface area contributed by atoms with Crippen molar-refractivity contribution in [2.24, 2.45) is 0 Å². The molecule has 0 bridgehead atoms. The summed E-state index contributed by atoms with van der Waals surface area (Å²) in [7, 11) is 0. The highest BCUT2D eigenvalue weighted by Gasteiger charge is 2.19. The van der Waals surface area contributed by atoms with Crippen molar-refractivity contribution in [2.45, 2.75) is 19.4 Å². The zero-order valence-electron chi connectivity index (χ0n) is 11.8. The first-order chi connectivity index (χ1) is 10.3. The molecule has 4 heteroatoms. The molecule has 0 aliphatic carbocycles. The van der Waals surface area contributed by atoms with Crippen LogP contribution in [0, 0.1) is 0 Å². The van der Waals surface area contributed by atoms with Crippen LogP contribution in [-0.2, 0) is 0 Å². The van der Waals surface area contributed by atoms with Gasteiger partial charge in [-0.1, -0.05) is 36.7 Å². The summed E-state index contributed by atoms with van der Waals surface area (Å²) in [6.07, 6.45) is 2.71. The minimum absolute atomic E-state index is 0.0605. The molecule has 2 aromatic heterocycles. The van der Waals surface area contributed by atoms with E-state index < -0.39 is 0 Å². The molecule has 0 saturated heterocycles. The van der Waals surface area contributed by atoms with E-state index >= 15 is 0 Å². The van der Waals surface area contributed by atoms with Crippen molar-refractivity contribution in [3.05, 3.63) is 65.1 Å². The van der Waals surface area contributed by atoms with Crippen molar-refractivity contribution in [2.75, 3.05) is 6.54 Å². The average molecular weight is 301 g/mol. The van der Waals surface area contributed by atoms with Crippen molar-refractivity contribution < 1.29 is 4.42 Å². The first-order valence-electron chi connectivity index (χ1n) is 7.11. The van der Waals surface area contributed by atoms with Gasteiger partial charge in [0.2, 0.25) is 0 Å². The van der Waals surface area contributed by atoms with E-state index in [1.807, 2.05) is 30.3 Å². The SMILES string of the molecule is CCCNC(c1ccc(Cl)cn1)c1cc2ccccc2o1. The second kappa shape index (κ2) is 6.29. The predicted molar refractivity (Wildman–Crippen MR) is 85.6 cm³/mol. The lowest BCUT2D eigenvalue weighted by Crippen LogP contribution is -2.23. The van der Waals surface area contributed by atoms with E-state index in [2.05, 4.69) is 29.4 Å². The summed E-state index contributed by atoms with van der Waals surface area (Å²) in [6, 6.07) is 13.8. The smallest absolute Gasteiger partial charge is 0.134 e. The molecule has 0 amide bonds. The topological polar surface area (TPSA) is 38.1 Å². The van der Waals surface area contributed by atoms with Gasteiger partial charge in [-0.25, -0.2) is 0 Å². The number of nitrogens with zero attached hydrogens (tertiary/aromatic N) is 1. The van der Waals surface area contributed by atoms with Crippen LogP contribution in [0.15, 0.2) is 53.1 Å². The number of furan rings is 1. The lowest BCUT2D eigenvalue weighted by molar-refractivity contribution is 0.464. The summed E-state index contributed by atoms with van der Waals surface area (Å²) in [5.74, 6) is 0.875. The van der Waals surface area contributed by atoms with Crippen LogP contribution in [0.5, 0.6) is 0 Å². The van der Waals surface area contributed by atoms with E-state index in [4.69, 9.17) is 16.0 Å². The van der Waals surface area contributed by atoms with Crippen molar-refractivity contribution in [1.82, 2.24) is 10.3 Å². The number of nitrogens with one attached hydrogen (secondary N) is 1. The summed E-state index contributed by atoms with van der Waals surface area (Å²) < 4.78 is 5.98. The number of rotatable bonds is 5. The third kappa shape index (κ3) is 3.09. The molecule has 0 spiro atoms. The molecule has 21 heavy (non-hydrogen) atoms. The van der Waals surface area contributed by atoms with Crippen LogP contribution < -0.4 is 5.32 Å². The monoisotopic (exact) mass is 300 g/mol. The second-order valence-corrected chi connectivity index (χ2v) is 5.41. The summed E-state index contributed by atoms with van der Waals surface area (Å²) in [6.45, 7) is 3.03. The Labute approximate surface area is 128 Å². The van der Waals surface area contributed by atoms with Gasteiger partial charge in [0.25, 0.3) is 0 Å². The van der Waals surface area contributed by atoms with Gasteiger partial charge in [0, 0.05) is 11.6 Å². The highest BCUT2D eigenvalue weighted by molar-refractivity contribution is 6.30. The van der Waals surface area contributed by atoms with Crippen molar-refractivity contribution in [1.29, 1.82) is 0 Å². The summed E-state index contributed by atoms with van der Waals surface area (Å²) >= 11 is 5.92. The van der Waals surface area contributed by atoms with Gasteiger partial charge >= 0.3 is 0 Å². The molecule has 0 saturated carbocycles. The maximum Gasteiger partial charge on any atom is 0.134 e. The number of hydrogen-bond donors (Lipinski definition) is 1. The van der Waals surface area contributed by atoms with Gasteiger partial charge in [-0.2, -0.15) is 0 Å². The average Bonchev–Trinajstić information content (AvgIpc) is 2.93. The summed E-state index contributed by atoms with van der Waals surface area (Å²) in [5.41, 5.74) is 1.80. The summed E-state index contributed by atoms with van der Waals surface area (Å²) in [5, 5.41) is 5.22. The van der Waals surface area contributed by atoms with Crippen molar-refractivity contribution >= 4 is 22.6 Å². The van der Waals surface area contributed by atoms with E-state index in [9.17, 15) is 0 Å². The number of hydrogen-bond acceptors (Lipinski definition) is 3. The molecule has 3 nitrogen and oxygen atoms in total. The third-order valence-corrected chi connectivity index (χ3v) is 3.60. The molecule has 3 aromatic rings. The van der Waals surface area contributed by atoms with Crippen LogP contribution in [0.25, 0.3) is 11.0 Å². The van der Waals surface area contributed by atoms with Crippen molar-refractivity contribution in [3.63, 3.8) is 0 Å². The van der Waals surface area contributed by atoms with Crippen LogP contribution in [0.2, 0.25) is 5.02 Å².